The molecule has 5 nitrogen and oxygen atoms in total. The second-order valence-corrected chi connectivity index (χ2v) is 6.19. The number of likely N-dealkylation sites (tertiary alicyclic amines) is 1. The van der Waals surface area contributed by atoms with Gasteiger partial charge in [0.1, 0.15) is 11.5 Å². The van der Waals surface area contributed by atoms with Gasteiger partial charge in [0.05, 0.1) is 18.6 Å². The summed E-state index contributed by atoms with van der Waals surface area (Å²) in [7, 11) is 0. The molecule has 104 valence electrons. The Bertz CT molecular complexity index is 472. The number of aliphatic carboxylic acids is 1. The first-order valence-corrected chi connectivity index (χ1v) is 6.78. The molecule has 1 N–H and O–H groups in total. The maximum absolute atomic E-state index is 12.6. The number of nitrogens with zero attached hydrogens (tertiary/aromatic N) is 1. The molecule has 19 heavy (non-hydrogen) atoms. The summed E-state index contributed by atoms with van der Waals surface area (Å²) in [5.74, 6) is -1.96. The molecule has 0 radical (unpaired) electrons. The van der Waals surface area contributed by atoms with Crippen molar-refractivity contribution in [2.75, 3.05) is 6.54 Å². The summed E-state index contributed by atoms with van der Waals surface area (Å²) >= 11 is 0. The lowest BCUT2D eigenvalue weighted by Crippen LogP contribution is -2.42. The highest BCUT2D eigenvalue weighted by atomic mass is 16.5. The van der Waals surface area contributed by atoms with Crippen LogP contribution >= 0.6 is 0 Å². The van der Waals surface area contributed by atoms with E-state index in [4.69, 9.17) is 4.74 Å². The molecule has 1 amide bonds. The molecule has 5 atom stereocenters. The molecule has 5 unspecified atom stereocenters. The molecule has 2 fully saturated rings. The van der Waals surface area contributed by atoms with Crippen LogP contribution in [0.15, 0.2) is 12.2 Å². The third kappa shape index (κ3) is 1.51. The van der Waals surface area contributed by atoms with Crippen LogP contribution in [0.5, 0.6) is 0 Å². The van der Waals surface area contributed by atoms with Gasteiger partial charge in [-0.25, -0.2) is 0 Å². The largest absolute Gasteiger partial charge is 0.481 e. The number of carboxylic acid groups (broad SMARTS) is 1. The number of carboxylic acids is 1. The van der Waals surface area contributed by atoms with Crippen LogP contribution in [0.2, 0.25) is 0 Å². The number of rotatable bonds is 3. The first-order chi connectivity index (χ1) is 8.87. The number of fused-ring (bicyclic) bond motifs is 1. The fourth-order valence-corrected chi connectivity index (χ4v) is 3.51. The molecule has 3 rings (SSSR count). The number of amides is 1. The van der Waals surface area contributed by atoms with Gasteiger partial charge in [0.15, 0.2) is 0 Å². The van der Waals surface area contributed by atoms with Gasteiger partial charge in [-0.05, 0) is 12.8 Å². The molecular formula is C14H19NO4. The van der Waals surface area contributed by atoms with Crippen molar-refractivity contribution in [1.29, 1.82) is 0 Å². The molecule has 5 heteroatoms. The van der Waals surface area contributed by atoms with Crippen LogP contribution in [-0.2, 0) is 14.3 Å². The maximum atomic E-state index is 12.6. The minimum Gasteiger partial charge on any atom is -0.481 e. The lowest BCUT2D eigenvalue weighted by molar-refractivity contribution is -0.148. The number of carbonyl (C=O) groups excluding carboxylic acids is 1. The van der Waals surface area contributed by atoms with Gasteiger partial charge in [-0.2, -0.15) is 0 Å². The van der Waals surface area contributed by atoms with E-state index in [1.807, 2.05) is 13.0 Å². The fraction of sp³-hybridized carbons (Fsp3) is 0.714. The van der Waals surface area contributed by atoms with Gasteiger partial charge in [-0.1, -0.05) is 26.0 Å². The monoisotopic (exact) mass is 265 g/mol. The zero-order chi connectivity index (χ0) is 13.9. The van der Waals surface area contributed by atoms with Crippen LogP contribution < -0.4 is 0 Å². The topological polar surface area (TPSA) is 66.8 Å². The third-order valence-corrected chi connectivity index (χ3v) is 4.87. The highest BCUT2D eigenvalue weighted by Gasteiger charge is 2.67. The average Bonchev–Trinajstić information content (AvgIpc) is 2.96. The summed E-state index contributed by atoms with van der Waals surface area (Å²) in [5, 5.41) is 9.35. The Balaban J connectivity index is 1.95. The van der Waals surface area contributed by atoms with E-state index in [0.717, 1.165) is 0 Å². The van der Waals surface area contributed by atoms with E-state index >= 15 is 0 Å². The molecular weight excluding hydrogens is 246 g/mol. The second kappa shape index (κ2) is 3.82. The molecule has 2 bridgehead atoms. The Morgan fingerprint density at radius 1 is 1.53 bits per heavy atom. The SMILES string of the molecule is CC(C)C(C)N1CC23C=CC(O2)C(C(=O)O)C3C1=O. The molecule has 1 spiro atoms. The molecule has 2 saturated heterocycles. The van der Waals surface area contributed by atoms with E-state index in [-0.39, 0.29) is 11.9 Å². The molecule has 0 aromatic carbocycles. The Labute approximate surface area is 112 Å². The van der Waals surface area contributed by atoms with Crippen molar-refractivity contribution >= 4 is 11.9 Å². The Morgan fingerprint density at radius 2 is 2.21 bits per heavy atom. The van der Waals surface area contributed by atoms with E-state index in [9.17, 15) is 14.7 Å². The first kappa shape index (κ1) is 12.7. The van der Waals surface area contributed by atoms with Crippen molar-refractivity contribution in [3.8, 4) is 0 Å². The predicted octanol–water partition coefficient (Wildman–Crippen LogP) is 0.897. The molecule has 0 aromatic heterocycles. The van der Waals surface area contributed by atoms with E-state index in [2.05, 4.69) is 13.8 Å². The van der Waals surface area contributed by atoms with Gasteiger partial charge in [0.25, 0.3) is 0 Å². The summed E-state index contributed by atoms with van der Waals surface area (Å²) in [6.45, 7) is 6.61. The minimum atomic E-state index is -0.936. The molecule has 3 heterocycles. The maximum Gasteiger partial charge on any atom is 0.310 e. The zero-order valence-electron chi connectivity index (χ0n) is 11.4. The summed E-state index contributed by atoms with van der Waals surface area (Å²) in [4.78, 5) is 25.8. The first-order valence-electron chi connectivity index (χ1n) is 6.78. The third-order valence-electron chi connectivity index (χ3n) is 4.87. The van der Waals surface area contributed by atoms with Crippen LogP contribution in [0.3, 0.4) is 0 Å². The lowest BCUT2D eigenvalue weighted by Gasteiger charge is -2.29. The standard InChI is InChI=1S/C14H19NO4/c1-7(2)8(3)15-6-14-5-4-9(19-14)10(13(17)18)11(14)12(15)16/h4-5,7-11H,6H2,1-3H3,(H,17,18). The molecule has 3 aliphatic rings. The zero-order valence-corrected chi connectivity index (χ0v) is 11.4. The normalized spacial score (nSPS) is 41.2. The smallest absolute Gasteiger partial charge is 0.310 e. The van der Waals surface area contributed by atoms with Crippen molar-refractivity contribution in [2.24, 2.45) is 17.8 Å². The van der Waals surface area contributed by atoms with Crippen LogP contribution in [0.1, 0.15) is 20.8 Å². The van der Waals surface area contributed by atoms with Crippen LogP contribution in [0.25, 0.3) is 0 Å². The quantitative estimate of drug-likeness (QED) is 0.770. The summed E-state index contributed by atoms with van der Waals surface area (Å²) in [6, 6.07) is 0.0953. The number of carbonyl (C=O) groups is 2. The highest BCUT2D eigenvalue weighted by Crippen LogP contribution is 2.52. The van der Waals surface area contributed by atoms with Gasteiger partial charge in [0.2, 0.25) is 5.91 Å². The van der Waals surface area contributed by atoms with E-state index in [1.165, 1.54) is 0 Å². The Hall–Kier alpha value is -1.36. The molecule has 0 saturated carbocycles. The van der Waals surface area contributed by atoms with E-state index in [0.29, 0.717) is 12.5 Å². The van der Waals surface area contributed by atoms with Crippen LogP contribution in [0, 0.1) is 17.8 Å². The van der Waals surface area contributed by atoms with Crippen molar-refractivity contribution in [1.82, 2.24) is 4.90 Å². The van der Waals surface area contributed by atoms with Gasteiger partial charge in [-0.3, -0.25) is 9.59 Å². The van der Waals surface area contributed by atoms with Crippen LogP contribution in [0.4, 0.5) is 0 Å². The average molecular weight is 265 g/mol. The summed E-state index contributed by atoms with van der Waals surface area (Å²) < 4.78 is 5.83. The molecule has 0 aliphatic carbocycles. The van der Waals surface area contributed by atoms with Crippen LogP contribution in [-0.4, -0.2) is 46.2 Å². The highest BCUT2D eigenvalue weighted by molar-refractivity contribution is 5.90. The van der Waals surface area contributed by atoms with E-state index in [1.54, 1.807) is 11.0 Å². The summed E-state index contributed by atoms with van der Waals surface area (Å²) in [6.07, 6.45) is 3.25. The fourth-order valence-electron chi connectivity index (χ4n) is 3.51. The van der Waals surface area contributed by atoms with E-state index < -0.39 is 29.5 Å². The minimum absolute atomic E-state index is 0.0690. The van der Waals surface area contributed by atoms with Crippen molar-refractivity contribution < 1.29 is 19.4 Å². The van der Waals surface area contributed by atoms with Crippen molar-refractivity contribution in [2.45, 2.75) is 38.5 Å². The van der Waals surface area contributed by atoms with Gasteiger partial charge in [-0.15, -0.1) is 0 Å². The number of hydrogen-bond donors (Lipinski definition) is 1. The second-order valence-electron chi connectivity index (χ2n) is 6.19. The lowest BCUT2D eigenvalue weighted by atomic mass is 9.77. The Kier molecular flexibility index (Phi) is 2.55. The molecule has 0 aromatic rings. The molecule has 3 aliphatic heterocycles. The Morgan fingerprint density at radius 3 is 2.79 bits per heavy atom. The van der Waals surface area contributed by atoms with Gasteiger partial charge >= 0.3 is 5.97 Å². The van der Waals surface area contributed by atoms with Crippen molar-refractivity contribution in [3.63, 3.8) is 0 Å². The summed E-state index contributed by atoms with van der Waals surface area (Å²) in [5.41, 5.74) is -0.700. The van der Waals surface area contributed by atoms with Gasteiger partial charge in [0, 0.05) is 6.04 Å². The predicted molar refractivity (Wildman–Crippen MR) is 67.4 cm³/mol. The number of ether oxygens (including phenoxy) is 1. The van der Waals surface area contributed by atoms with Crippen molar-refractivity contribution in [3.05, 3.63) is 12.2 Å². The van der Waals surface area contributed by atoms with Gasteiger partial charge < -0.3 is 14.7 Å². The number of hydrogen-bond acceptors (Lipinski definition) is 3.